The van der Waals surface area contributed by atoms with Crippen molar-refractivity contribution in [2.24, 2.45) is 4.99 Å². The van der Waals surface area contributed by atoms with Gasteiger partial charge in [0, 0.05) is 6.07 Å². The third-order valence-electron chi connectivity index (χ3n) is 4.84. The summed E-state index contributed by atoms with van der Waals surface area (Å²) >= 11 is 7.78. The first kappa shape index (κ1) is 22.0. The van der Waals surface area contributed by atoms with Gasteiger partial charge in [-0.25, -0.2) is 4.99 Å². The number of ether oxygens (including phenoxy) is 2. The van der Waals surface area contributed by atoms with Crippen LogP contribution in [0.4, 0.5) is 5.69 Å². The first-order valence-electron chi connectivity index (χ1n) is 9.89. The summed E-state index contributed by atoms with van der Waals surface area (Å²) in [5.74, 6) is 0.944. The molecule has 3 aromatic carbocycles. The summed E-state index contributed by atoms with van der Waals surface area (Å²) in [4.78, 5) is 20.3. The van der Waals surface area contributed by atoms with Gasteiger partial charge in [0.2, 0.25) is 0 Å². The van der Waals surface area contributed by atoms with Crippen molar-refractivity contribution in [3.63, 3.8) is 0 Å². The normalized spacial score (nSPS) is 16.1. The van der Waals surface area contributed by atoms with E-state index in [2.05, 4.69) is 0 Å². The molecule has 0 spiro atoms. The van der Waals surface area contributed by atoms with Gasteiger partial charge in [0.25, 0.3) is 5.91 Å². The van der Waals surface area contributed by atoms with Crippen LogP contribution < -0.4 is 9.47 Å². The molecule has 0 aromatic heterocycles. The number of thioether (sulfide) groups is 1. The highest BCUT2D eigenvalue weighted by Crippen LogP contribution is 2.39. The highest BCUT2D eigenvalue weighted by atomic mass is 35.5. The van der Waals surface area contributed by atoms with E-state index in [1.165, 1.54) is 11.8 Å². The number of carbonyl (C=O) groups is 1. The third kappa shape index (κ3) is 4.82. The number of hydrogen-bond donors (Lipinski definition) is 0. The Morgan fingerprint density at radius 2 is 1.59 bits per heavy atom. The summed E-state index contributed by atoms with van der Waals surface area (Å²) in [6.45, 7) is 0.426. The van der Waals surface area contributed by atoms with Crippen LogP contribution in [0.15, 0.2) is 82.7 Å². The molecule has 1 amide bonds. The molecule has 1 heterocycles. The molecule has 5 nitrogen and oxygen atoms in total. The van der Waals surface area contributed by atoms with Crippen LogP contribution in [-0.4, -0.2) is 30.2 Å². The number of amidine groups is 1. The van der Waals surface area contributed by atoms with E-state index in [1.807, 2.05) is 60.7 Å². The SMILES string of the molecule is COc1cc(Cl)c(/C=C2/SC(=Nc3ccccc3)N(Cc3ccccc3)C2=O)cc1OC. The first-order chi connectivity index (χ1) is 15.6. The molecule has 1 saturated heterocycles. The predicted molar refractivity (Wildman–Crippen MR) is 131 cm³/mol. The van der Waals surface area contributed by atoms with E-state index < -0.39 is 0 Å². The lowest BCUT2D eigenvalue weighted by Crippen LogP contribution is -2.28. The van der Waals surface area contributed by atoms with Gasteiger partial charge in [-0.3, -0.25) is 9.69 Å². The van der Waals surface area contributed by atoms with E-state index >= 15 is 0 Å². The fourth-order valence-electron chi connectivity index (χ4n) is 3.23. The Bertz CT molecular complexity index is 1180. The molecule has 0 bridgehead atoms. The Labute approximate surface area is 196 Å². The van der Waals surface area contributed by atoms with Crippen LogP contribution in [0.1, 0.15) is 11.1 Å². The number of benzene rings is 3. The van der Waals surface area contributed by atoms with Gasteiger partial charge in [0.05, 0.1) is 36.4 Å². The zero-order valence-corrected chi connectivity index (χ0v) is 19.2. The molecule has 0 N–H and O–H groups in total. The summed E-state index contributed by atoms with van der Waals surface area (Å²) in [6.07, 6.45) is 1.77. The van der Waals surface area contributed by atoms with E-state index in [0.717, 1.165) is 11.3 Å². The van der Waals surface area contributed by atoms with Crippen LogP contribution in [0.3, 0.4) is 0 Å². The molecule has 1 aliphatic heterocycles. The molecular weight excluding hydrogens is 444 g/mol. The predicted octanol–water partition coefficient (Wildman–Crippen LogP) is 6.16. The fourth-order valence-corrected chi connectivity index (χ4v) is 4.43. The Kier molecular flexibility index (Phi) is 6.83. The van der Waals surface area contributed by atoms with Gasteiger partial charge in [0.1, 0.15) is 0 Å². The number of methoxy groups -OCH3 is 2. The lowest BCUT2D eigenvalue weighted by atomic mass is 10.1. The van der Waals surface area contributed by atoms with Crippen molar-refractivity contribution in [1.82, 2.24) is 4.90 Å². The molecule has 4 rings (SSSR count). The maximum Gasteiger partial charge on any atom is 0.267 e. The van der Waals surface area contributed by atoms with E-state index in [4.69, 9.17) is 26.1 Å². The van der Waals surface area contributed by atoms with Gasteiger partial charge in [-0.2, -0.15) is 0 Å². The van der Waals surface area contributed by atoms with E-state index in [1.54, 1.807) is 37.3 Å². The van der Waals surface area contributed by atoms with Crippen LogP contribution >= 0.6 is 23.4 Å². The van der Waals surface area contributed by atoms with Gasteiger partial charge in [0.15, 0.2) is 16.7 Å². The lowest BCUT2D eigenvalue weighted by molar-refractivity contribution is -0.122. The van der Waals surface area contributed by atoms with Crippen molar-refractivity contribution in [3.8, 4) is 11.5 Å². The maximum atomic E-state index is 13.4. The topological polar surface area (TPSA) is 51.1 Å². The number of para-hydroxylation sites is 1. The molecule has 0 atom stereocenters. The summed E-state index contributed by atoms with van der Waals surface area (Å²) < 4.78 is 10.7. The highest BCUT2D eigenvalue weighted by Gasteiger charge is 2.33. The van der Waals surface area contributed by atoms with Crippen LogP contribution in [0.2, 0.25) is 5.02 Å². The molecule has 0 radical (unpaired) electrons. The van der Waals surface area contributed by atoms with Crippen LogP contribution in [-0.2, 0) is 11.3 Å². The number of rotatable bonds is 6. The van der Waals surface area contributed by atoms with Crippen molar-refractivity contribution < 1.29 is 14.3 Å². The number of aliphatic imine (C=N–C) groups is 1. The molecule has 0 saturated carbocycles. The Hall–Kier alpha value is -3.22. The molecule has 1 fully saturated rings. The van der Waals surface area contributed by atoms with Crippen molar-refractivity contribution in [1.29, 1.82) is 0 Å². The fraction of sp³-hybridized carbons (Fsp3) is 0.120. The number of hydrogen-bond acceptors (Lipinski definition) is 5. The van der Waals surface area contributed by atoms with Gasteiger partial charge >= 0.3 is 0 Å². The van der Waals surface area contributed by atoms with E-state index in [9.17, 15) is 4.79 Å². The average molecular weight is 465 g/mol. The molecule has 0 unspecified atom stereocenters. The largest absolute Gasteiger partial charge is 0.493 e. The third-order valence-corrected chi connectivity index (χ3v) is 6.18. The Morgan fingerprint density at radius 3 is 2.25 bits per heavy atom. The van der Waals surface area contributed by atoms with Crippen LogP contribution in [0.25, 0.3) is 6.08 Å². The zero-order valence-electron chi connectivity index (χ0n) is 17.6. The second-order valence-electron chi connectivity index (χ2n) is 6.95. The smallest absolute Gasteiger partial charge is 0.267 e. The molecule has 162 valence electrons. The Morgan fingerprint density at radius 1 is 0.969 bits per heavy atom. The quantitative estimate of drug-likeness (QED) is 0.410. The van der Waals surface area contributed by atoms with Crippen molar-refractivity contribution in [2.45, 2.75) is 6.54 Å². The van der Waals surface area contributed by atoms with Crippen molar-refractivity contribution in [2.75, 3.05) is 14.2 Å². The molecular formula is C25H21ClN2O3S. The lowest BCUT2D eigenvalue weighted by Gasteiger charge is -2.15. The molecule has 0 aliphatic carbocycles. The first-order valence-corrected chi connectivity index (χ1v) is 11.1. The minimum atomic E-state index is -0.126. The maximum absolute atomic E-state index is 13.4. The molecule has 7 heteroatoms. The van der Waals surface area contributed by atoms with Crippen molar-refractivity contribution in [3.05, 3.63) is 93.9 Å². The zero-order chi connectivity index (χ0) is 22.5. The summed E-state index contributed by atoms with van der Waals surface area (Å²) in [5.41, 5.74) is 2.47. The van der Waals surface area contributed by atoms with Crippen LogP contribution in [0, 0.1) is 0 Å². The second-order valence-corrected chi connectivity index (χ2v) is 8.36. The van der Waals surface area contributed by atoms with E-state index in [-0.39, 0.29) is 5.91 Å². The minimum absolute atomic E-state index is 0.126. The highest BCUT2D eigenvalue weighted by molar-refractivity contribution is 8.18. The van der Waals surface area contributed by atoms with Crippen LogP contribution in [0.5, 0.6) is 11.5 Å². The number of carbonyl (C=O) groups excluding carboxylic acids is 1. The number of amides is 1. The summed E-state index contributed by atoms with van der Waals surface area (Å²) in [7, 11) is 3.11. The second kappa shape index (κ2) is 9.94. The standard InChI is InChI=1S/C25H21ClN2O3S/c1-30-21-13-18(20(26)15-22(21)31-2)14-23-24(29)28(16-17-9-5-3-6-10-17)25(32-23)27-19-11-7-4-8-12-19/h3-15H,16H2,1-2H3/b23-14+,27-25?. The van der Waals surface area contributed by atoms with Gasteiger partial charge in [-0.1, -0.05) is 60.1 Å². The molecule has 3 aromatic rings. The monoisotopic (exact) mass is 464 g/mol. The Balaban J connectivity index is 1.73. The minimum Gasteiger partial charge on any atom is -0.493 e. The van der Waals surface area contributed by atoms with Gasteiger partial charge in [-0.15, -0.1) is 0 Å². The summed E-state index contributed by atoms with van der Waals surface area (Å²) in [6, 6.07) is 22.9. The molecule has 32 heavy (non-hydrogen) atoms. The van der Waals surface area contributed by atoms with Gasteiger partial charge in [-0.05, 0) is 47.2 Å². The van der Waals surface area contributed by atoms with Crippen molar-refractivity contribution >= 4 is 46.2 Å². The number of halogens is 1. The summed E-state index contributed by atoms with van der Waals surface area (Å²) in [5, 5.41) is 1.08. The van der Waals surface area contributed by atoms with E-state index in [0.29, 0.717) is 38.7 Å². The molecule has 1 aliphatic rings. The average Bonchev–Trinajstić information content (AvgIpc) is 3.10. The van der Waals surface area contributed by atoms with Gasteiger partial charge < -0.3 is 9.47 Å². The number of nitrogens with zero attached hydrogens (tertiary/aromatic N) is 2.